The van der Waals surface area contributed by atoms with E-state index in [2.05, 4.69) is 5.16 Å². The van der Waals surface area contributed by atoms with E-state index in [0.717, 1.165) is 18.2 Å². The van der Waals surface area contributed by atoms with Gasteiger partial charge in [-0.05, 0) is 25.1 Å². The van der Waals surface area contributed by atoms with Gasteiger partial charge in [0.1, 0.15) is 11.4 Å². The van der Waals surface area contributed by atoms with Crippen molar-refractivity contribution in [2.45, 2.75) is 19.0 Å². The zero-order valence-electron chi connectivity index (χ0n) is 9.15. The molecule has 4 nitrogen and oxygen atoms in total. The molecule has 1 N–H and O–H groups in total. The van der Waals surface area contributed by atoms with Gasteiger partial charge in [0.2, 0.25) is 0 Å². The first kappa shape index (κ1) is 12.4. The maximum Gasteiger partial charge on any atom is 0.416 e. The summed E-state index contributed by atoms with van der Waals surface area (Å²) in [6, 6.07) is 2.88. The average molecular weight is 259 g/mol. The van der Waals surface area contributed by atoms with Crippen LogP contribution >= 0.6 is 0 Å². The number of hydrogen-bond donors (Lipinski definition) is 1. The van der Waals surface area contributed by atoms with E-state index < -0.39 is 23.6 Å². The Morgan fingerprint density at radius 1 is 1.44 bits per heavy atom. The number of carbonyl (C=O) groups is 1. The zero-order chi connectivity index (χ0) is 13.5. The van der Waals surface area contributed by atoms with Gasteiger partial charge in [0.25, 0.3) is 0 Å². The Bertz CT molecular complexity index is 603. The van der Waals surface area contributed by atoms with Crippen molar-refractivity contribution in [3.63, 3.8) is 0 Å². The molecule has 0 spiro atoms. The molecule has 0 fully saturated rings. The third kappa shape index (κ3) is 2.03. The third-order valence-electron chi connectivity index (χ3n) is 2.60. The molecule has 0 aliphatic carbocycles. The third-order valence-corrected chi connectivity index (χ3v) is 2.60. The number of fused-ring (bicyclic) bond motifs is 1. The van der Waals surface area contributed by atoms with E-state index in [-0.39, 0.29) is 16.7 Å². The first-order chi connectivity index (χ1) is 8.30. The summed E-state index contributed by atoms with van der Waals surface area (Å²) in [5.74, 6) is -2.33. The van der Waals surface area contributed by atoms with Crippen LogP contribution in [0, 0.1) is 0 Å². The Kier molecular flexibility index (Phi) is 2.76. The van der Waals surface area contributed by atoms with Crippen LogP contribution < -0.4 is 0 Å². The predicted octanol–water partition coefficient (Wildman–Crippen LogP) is 3.03. The fourth-order valence-corrected chi connectivity index (χ4v) is 1.56. The van der Waals surface area contributed by atoms with E-state index in [0.29, 0.717) is 0 Å². The van der Waals surface area contributed by atoms with E-state index in [4.69, 9.17) is 9.63 Å². The molecule has 1 atom stereocenters. The summed E-state index contributed by atoms with van der Waals surface area (Å²) in [7, 11) is 0. The Morgan fingerprint density at radius 3 is 2.67 bits per heavy atom. The summed E-state index contributed by atoms with van der Waals surface area (Å²) < 4.78 is 42.4. The number of alkyl halides is 3. The van der Waals surface area contributed by atoms with Gasteiger partial charge in [-0.2, -0.15) is 13.2 Å². The lowest BCUT2D eigenvalue weighted by Gasteiger charge is -2.06. The molecular weight excluding hydrogens is 251 g/mol. The molecule has 7 heteroatoms. The molecule has 2 rings (SSSR count). The highest BCUT2D eigenvalue weighted by Gasteiger charge is 2.32. The van der Waals surface area contributed by atoms with Crippen LogP contribution in [-0.2, 0) is 11.0 Å². The van der Waals surface area contributed by atoms with Crippen molar-refractivity contribution in [2.24, 2.45) is 0 Å². The lowest BCUT2D eigenvalue weighted by atomic mass is 10.0. The Morgan fingerprint density at radius 2 is 2.11 bits per heavy atom. The molecule has 0 saturated carbocycles. The maximum atomic E-state index is 12.5. The van der Waals surface area contributed by atoms with Crippen molar-refractivity contribution in [1.29, 1.82) is 0 Å². The Labute approximate surface area is 99.0 Å². The molecule has 96 valence electrons. The van der Waals surface area contributed by atoms with E-state index in [1.165, 1.54) is 6.92 Å². The number of rotatable bonds is 2. The minimum Gasteiger partial charge on any atom is -0.481 e. The zero-order valence-corrected chi connectivity index (χ0v) is 9.15. The standard InChI is InChI=1S/C11H8F3NO3/c1-5(10(16)17)9-7-4-6(11(12,13)14)2-3-8(7)15-18-9/h2-5H,1H3,(H,16,17). The van der Waals surface area contributed by atoms with Gasteiger partial charge in [-0.1, -0.05) is 5.16 Å². The number of hydrogen-bond acceptors (Lipinski definition) is 3. The highest BCUT2D eigenvalue weighted by molar-refractivity contribution is 5.87. The summed E-state index contributed by atoms with van der Waals surface area (Å²) in [6.45, 7) is 1.32. The van der Waals surface area contributed by atoms with Crippen molar-refractivity contribution in [3.05, 3.63) is 29.5 Å². The van der Waals surface area contributed by atoms with Crippen molar-refractivity contribution in [1.82, 2.24) is 5.16 Å². The van der Waals surface area contributed by atoms with Crippen LogP contribution in [0.5, 0.6) is 0 Å². The predicted molar refractivity (Wildman–Crippen MR) is 55.1 cm³/mol. The summed E-state index contributed by atoms with van der Waals surface area (Å²) in [6.07, 6.45) is -4.49. The molecule has 1 unspecified atom stereocenters. The fraction of sp³-hybridized carbons (Fsp3) is 0.273. The lowest BCUT2D eigenvalue weighted by molar-refractivity contribution is -0.139. The molecule has 0 saturated heterocycles. The van der Waals surface area contributed by atoms with Gasteiger partial charge in [-0.3, -0.25) is 4.79 Å². The van der Waals surface area contributed by atoms with Gasteiger partial charge in [0.05, 0.1) is 5.56 Å². The minimum atomic E-state index is -4.49. The van der Waals surface area contributed by atoms with Crippen LogP contribution in [0.3, 0.4) is 0 Å². The SMILES string of the molecule is CC(C(=O)O)c1onc2ccc(C(F)(F)F)cc12. The number of carboxylic acids is 1. The van der Waals surface area contributed by atoms with Crippen LogP contribution in [0.4, 0.5) is 13.2 Å². The van der Waals surface area contributed by atoms with Crippen LogP contribution in [0.15, 0.2) is 22.7 Å². The van der Waals surface area contributed by atoms with Gasteiger partial charge in [0.15, 0.2) is 5.76 Å². The second kappa shape index (κ2) is 4.01. The number of benzene rings is 1. The van der Waals surface area contributed by atoms with E-state index in [1.807, 2.05) is 0 Å². The fourth-order valence-electron chi connectivity index (χ4n) is 1.56. The molecule has 0 radical (unpaired) electrons. The normalized spacial score (nSPS) is 13.8. The highest BCUT2D eigenvalue weighted by atomic mass is 19.4. The first-order valence-electron chi connectivity index (χ1n) is 5.00. The number of nitrogens with zero attached hydrogens (tertiary/aromatic N) is 1. The molecule has 1 heterocycles. The summed E-state index contributed by atoms with van der Waals surface area (Å²) >= 11 is 0. The summed E-state index contributed by atoms with van der Waals surface area (Å²) in [5, 5.41) is 12.4. The second-order valence-electron chi connectivity index (χ2n) is 3.84. The highest BCUT2D eigenvalue weighted by Crippen LogP contribution is 2.33. The molecule has 0 aliphatic rings. The van der Waals surface area contributed by atoms with Crippen LogP contribution in [-0.4, -0.2) is 16.2 Å². The van der Waals surface area contributed by atoms with Crippen molar-refractivity contribution in [3.8, 4) is 0 Å². The van der Waals surface area contributed by atoms with Gasteiger partial charge in [-0.25, -0.2) is 0 Å². The molecule has 1 aromatic heterocycles. The lowest BCUT2D eigenvalue weighted by Crippen LogP contribution is -2.07. The summed E-state index contributed by atoms with van der Waals surface area (Å²) in [5.41, 5.74) is -0.664. The number of halogens is 3. The monoisotopic (exact) mass is 259 g/mol. The minimum absolute atomic E-state index is 0.0692. The number of carboxylic acid groups (broad SMARTS) is 1. The van der Waals surface area contributed by atoms with Crippen LogP contribution in [0.2, 0.25) is 0 Å². The van der Waals surface area contributed by atoms with Gasteiger partial charge in [-0.15, -0.1) is 0 Å². The topological polar surface area (TPSA) is 63.3 Å². The quantitative estimate of drug-likeness (QED) is 0.900. The Balaban J connectivity index is 2.60. The summed E-state index contributed by atoms with van der Waals surface area (Å²) in [4.78, 5) is 10.8. The molecular formula is C11H8F3NO3. The van der Waals surface area contributed by atoms with Crippen molar-refractivity contribution in [2.75, 3.05) is 0 Å². The molecule has 0 bridgehead atoms. The van der Waals surface area contributed by atoms with E-state index in [1.54, 1.807) is 0 Å². The van der Waals surface area contributed by atoms with Gasteiger partial charge in [0, 0.05) is 5.39 Å². The molecule has 18 heavy (non-hydrogen) atoms. The molecule has 0 aliphatic heterocycles. The maximum absolute atomic E-state index is 12.5. The second-order valence-corrected chi connectivity index (χ2v) is 3.84. The number of aromatic nitrogens is 1. The van der Waals surface area contributed by atoms with E-state index >= 15 is 0 Å². The average Bonchev–Trinajstić information content (AvgIpc) is 2.69. The van der Waals surface area contributed by atoms with Gasteiger partial charge < -0.3 is 9.63 Å². The Hall–Kier alpha value is -2.05. The van der Waals surface area contributed by atoms with E-state index in [9.17, 15) is 18.0 Å². The van der Waals surface area contributed by atoms with Crippen LogP contribution in [0.25, 0.3) is 10.9 Å². The van der Waals surface area contributed by atoms with Crippen molar-refractivity contribution < 1.29 is 27.6 Å². The molecule has 1 aromatic carbocycles. The smallest absolute Gasteiger partial charge is 0.416 e. The number of aliphatic carboxylic acids is 1. The largest absolute Gasteiger partial charge is 0.481 e. The van der Waals surface area contributed by atoms with Crippen LogP contribution in [0.1, 0.15) is 24.2 Å². The van der Waals surface area contributed by atoms with Crippen molar-refractivity contribution >= 4 is 16.9 Å². The van der Waals surface area contributed by atoms with Gasteiger partial charge >= 0.3 is 12.1 Å². The molecule has 2 aromatic rings. The molecule has 0 amide bonds. The first-order valence-corrected chi connectivity index (χ1v) is 5.00.